The number of fused-ring (bicyclic) bond motifs is 2. The highest BCUT2D eigenvalue weighted by Gasteiger charge is 2.43. The SMILES string of the molecule is CCn1cc([C@@H](O)CN2CCC3(CC2)C[C@@H](O)c2cc(O)ccc2O3)c2ccccc21. The number of aryl methyl sites for hydroxylation is 1. The van der Waals surface area contributed by atoms with E-state index in [0.29, 0.717) is 24.3 Å². The predicted molar refractivity (Wildman–Crippen MR) is 119 cm³/mol. The number of phenolic OH excluding ortho intramolecular Hbond substituents is 1. The molecule has 2 atom stereocenters. The topological polar surface area (TPSA) is 78.1 Å². The highest BCUT2D eigenvalue weighted by atomic mass is 16.5. The predicted octanol–water partition coefficient (Wildman–Crippen LogP) is 3.75. The first-order valence-electron chi connectivity index (χ1n) is 11.2. The van der Waals surface area contributed by atoms with E-state index in [-0.39, 0.29) is 11.4 Å². The fourth-order valence-corrected chi connectivity index (χ4v) is 5.22. The van der Waals surface area contributed by atoms with Gasteiger partial charge in [-0.05, 0) is 44.0 Å². The van der Waals surface area contributed by atoms with Crippen LogP contribution in [0, 0.1) is 0 Å². The van der Waals surface area contributed by atoms with Crippen LogP contribution in [0.25, 0.3) is 10.9 Å². The normalized spacial score (nSPS) is 21.7. The summed E-state index contributed by atoms with van der Waals surface area (Å²) < 4.78 is 8.52. The summed E-state index contributed by atoms with van der Waals surface area (Å²) in [5, 5.41) is 32.5. The van der Waals surface area contributed by atoms with Gasteiger partial charge in [0.25, 0.3) is 0 Å². The Kier molecular flexibility index (Phi) is 5.16. The molecule has 0 radical (unpaired) electrons. The van der Waals surface area contributed by atoms with Crippen LogP contribution in [-0.2, 0) is 6.54 Å². The van der Waals surface area contributed by atoms with Crippen LogP contribution in [0.4, 0.5) is 0 Å². The molecule has 0 unspecified atom stereocenters. The van der Waals surface area contributed by atoms with Crippen LogP contribution in [0.2, 0.25) is 0 Å². The zero-order chi connectivity index (χ0) is 21.6. The molecule has 0 aliphatic carbocycles. The van der Waals surface area contributed by atoms with E-state index in [9.17, 15) is 15.3 Å². The van der Waals surface area contributed by atoms with Gasteiger partial charge < -0.3 is 29.5 Å². The maximum atomic E-state index is 11.0. The molecular weight excluding hydrogens is 392 g/mol. The van der Waals surface area contributed by atoms with E-state index < -0.39 is 12.2 Å². The lowest BCUT2D eigenvalue weighted by molar-refractivity contribution is -0.0588. The van der Waals surface area contributed by atoms with Gasteiger partial charge in [-0.3, -0.25) is 0 Å². The molecule has 1 saturated heterocycles. The van der Waals surface area contributed by atoms with E-state index >= 15 is 0 Å². The molecule has 2 aliphatic heterocycles. The molecule has 0 bridgehead atoms. The number of phenols is 1. The monoisotopic (exact) mass is 422 g/mol. The van der Waals surface area contributed by atoms with Crippen molar-refractivity contribution < 1.29 is 20.1 Å². The molecule has 6 heteroatoms. The minimum absolute atomic E-state index is 0.144. The van der Waals surface area contributed by atoms with E-state index in [0.717, 1.165) is 48.9 Å². The average molecular weight is 423 g/mol. The van der Waals surface area contributed by atoms with Gasteiger partial charge in [-0.15, -0.1) is 0 Å². The largest absolute Gasteiger partial charge is 0.508 e. The van der Waals surface area contributed by atoms with Crippen molar-refractivity contribution in [3.8, 4) is 11.5 Å². The van der Waals surface area contributed by atoms with Gasteiger partial charge in [0.05, 0.1) is 12.2 Å². The standard InChI is InChI=1S/C25H30N2O4/c1-2-27-15-20(18-5-3-4-6-21(18)27)23(30)16-26-11-9-25(10-12-26)14-22(29)19-13-17(28)7-8-24(19)31-25/h3-8,13,15,22-23,28-30H,2,9-12,14,16H2,1H3/t22-,23+/m1/s1. The smallest absolute Gasteiger partial charge is 0.126 e. The maximum absolute atomic E-state index is 11.0. The molecule has 31 heavy (non-hydrogen) atoms. The number of nitrogens with zero attached hydrogens (tertiary/aromatic N) is 2. The molecule has 1 spiro atoms. The van der Waals surface area contributed by atoms with Gasteiger partial charge in [-0.2, -0.15) is 0 Å². The van der Waals surface area contributed by atoms with E-state index in [4.69, 9.17) is 4.74 Å². The Balaban J connectivity index is 1.27. The van der Waals surface area contributed by atoms with Crippen LogP contribution in [0.3, 0.4) is 0 Å². The van der Waals surface area contributed by atoms with Gasteiger partial charge in [0, 0.05) is 60.8 Å². The zero-order valence-electron chi connectivity index (χ0n) is 17.9. The second-order valence-corrected chi connectivity index (χ2v) is 8.93. The summed E-state index contributed by atoms with van der Waals surface area (Å²) in [6, 6.07) is 13.2. The number of para-hydroxylation sites is 1. The third-order valence-corrected chi connectivity index (χ3v) is 6.96. The van der Waals surface area contributed by atoms with Crippen LogP contribution in [-0.4, -0.2) is 50.0 Å². The van der Waals surface area contributed by atoms with Crippen molar-refractivity contribution in [1.82, 2.24) is 9.47 Å². The molecule has 164 valence electrons. The third-order valence-electron chi connectivity index (χ3n) is 6.96. The molecule has 1 aromatic heterocycles. The van der Waals surface area contributed by atoms with Crippen molar-refractivity contribution in [1.29, 1.82) is 0 Å². The number of piperidine rings is 1. The molecule has 6 nitrogen and oxygen atoms in total. The molecule has 5 rings (SSSR count). The Labute approximate surface area is 182 Å². The lowest BCUT2D eigenvalue weighted by Gasteiger charge is -2.46. The number of ether oxygens (including phenoxy) is 1. The average Bonchev–Trinajstić information content (AvgIpc) is 3.15. The first-order chi connectivity index (χ1) is 15.0. The number of aromatic hydroxyl groups is 1. The molecule has 2 aliphatic rings. The van der Waals surface area contributed by atoms with E-state index in [1.165, 1.54) is 0 Å². The molecule has 0 amide bonds. The van der Waals surface area contributed by atoms with E-state index in [1.807, 2.05) is 12.1 Å². The Morgan fingerprint density at radius 3 is 2.71 bits per heavy atom. The quantitative estimate of drug-likeness (QED) is 0.597. The summed E-state index contributed by atoms with van der Waals surface area (Å²) in [5.74, 6) is 0.808. The third kappa shape index (κ3) is 3.69. The summed E-state index contributed by atoms with van der Waals surface area (Å²) >= 11 is 0. The van der Waals surface area contributed by atoms with Gasteiger partial charge in [-0.25, -0.2) is 0 Å². The summed E-state index contributed by atoms with van der Waals surface area (Å²) in [5.41, 5.74) is 2.42. The lowest BCUT2D eigenvalue weighted by atomic mass is 9.81. The van der Waals surface area contributed by atoms with Crippen molar-refractivity contribution in [3.05, 3.63) is 59.8 Å². The number of rotatable bonds is 4. The van der Waals surface area contributed by atoms with Crippen molar-refractivity contribution in [3.63, 3.8) is 0 Å². The van der Waals surface area contributed by atoms with Crippen LogP contribution < -0.4 is 4.74 Å². The molecule has 0 saturated carbocycles. The number of β-amino-alcohol motifs (C(OH)–C–C–N with tert-alkyl or cyclic N) is 1. The van der Waals surface area contributed by atoms with Crippen LogP contribution in [0.5, 0.6) is 11.5 Å². The number of aromatic nitrogens is 1. The minimum atomic E-state index is -0.631. The molecule has 1 fully saturated rings. The number of aliphatic hydroxyl groups excluding tert-OH is 2. The number of aliphatic hydroxyl groups is 2. The maximum Gasteiger partial charge on any atom is 0.126 e. The Hall–Kier alpha value is -2.54. The van der Waals surface area contributed by atoms with Crippen LogP contribution in [0.15, 0.2) is 48.7 Å². The summed E-state index contributed by atoms with van der Waals surface area (Å²) in [4.78, 5) is 2.29. The molecule has 3 N–H and O–H groups in total. The van der Waals surface area contributed by atoms with Crippen LogP contribution in [0.1, 0.15) is 49.5 Å². The van der Waals surface area contributed by atoms with Crippen molar-refractivity contribution in [2.45, 2.75) is 50.5 Å². The molecular formula is C25H30N2O4. The molecule has 3 aromatic rings. The fourth-order valence-electron chi connectivity index (χ4n) is 5.22. The number of likely N-dealkylation sites (tertiary alicyclic amines) is 1. The number of hydrogen-bond donors (Lipinski definition) is 3. The second kappa shape index (κ2) is 7.86. The fraction of sp³-hybridized carbons (Fsp3) is 0.440. The van der Waals surface area contributed by atoms with Crippen molar-refractivity contribution in [2.75, 3.05) is 19.6 Å². The zero-order valence-corrected chi connectivity index (χ0v) is 17.9. The Morgan fingerprint density at radius 1 is 1.16 bits per heavy atom. The van der Waals surface area contributed by atoms with Gasteiger partial charge >= 0.3 is 0 Å². The van der Waals surface area contributed by atoms with E-state index in [1.54, 1.807) is 18.2 Å². The van der Waals surface area contributed by atoms with E-state index in [2.05, 4.69) is 34.7 Å². The van der Waals surface area contributed by atoms with Crippen molar-refractivity contribution >= 4 is 10.9 Å². The highest BCUT2D eigenvalue weighted by Crippen LogP contribution is 2.45. The van der Waals surface area contributed by atoms with Gasteiger partial charge in [0.2, 0.25) is 0 Å². The Morgan fingerprint density at radius 2 is 1.94 bits per heavy atom. The molecule has 2 aromatic carbocycles. The lowest BCUT2D eigenvalue weighted by Crippen LogP contribution is -2.51. The van der Waals surface area contributed by atoms with Gasteiger partial charge in [0.15, 0.2) is 0 Å². The number of hydrogen-bond acceptors (Lipinski definition) is 5. The number of benzene rings is 2. The first kappa shape index (κ1) is 20.4. The van der Waals surface area contributed by atoms with Gasteiger partial charge in [0.1, 0.15) is 17.1 Å². The highest BCUT2D eigenvalue weighted by molar-refractivity contribution is 5.84. The summed E-state index contributed by atoms with van der Waals surface area (Å²) in [6.45, 7) is 5.19. The summed E-state index contributed by atoms with van der Waals surface area (Å²) in [7, 11) is 0. The minimum Gasteiger partial charge on any atom is -0.508 e. The Bertz CT molecular complexity index is 1080. The first-order valence-corrected chi connectivity index (χ1v) is 11.2. The second-order valence-electron chi connectivity index (χ2n) is 8.93. The summed E-state index contributed by atoms with van der Waals surface area (Å²) in [6.07, 6.45) is 3.03. The molecule has 3 heterocycles. The van der Waals surface area contributed by atoms with Crippen LogP contribution >= 0.6 is 0 Å². The van der Waals surface area contributed by atoms with Gasteiger partial charge in [-0.1, -0.05) is 18.2 Å². The van der Waals surface area contributed by atoms with Crippen molar-refractivity contribution in [2.24, 2.45) is 0 Å².